The molecule has 2 N–H and O–H groups in total. The van der Waals surface area contributed by atoms with Gasteiger partial charge in [0.05, 0.1) is 0 Å². The topological polar surface area (TPSA) is 72.4 Å². The maximum atomic E-state index is 12.6. The summed E-state index contributed by atoms with van der Waals surface area (Å²) in [5, 5.41) is 0. The second-order valence-corrected chi connectivity index (χ2v) is 6.43. The summed E-state index contributed by atoms with van der Waals surface area (Å²) in [6.07, 6.45) is 1.31. The van der Waals surface area contributed by atoms with Crippen LogP contribution in [0.25, 0.3) is 11.3 Å². The Kier molecular flexibility index (Phi) is 4.66. The number of benzene rings is 1. The molecule has 0 fully saturated rings. The standard InChI is InChI=1S/C17H23N3O2/c1-12-5-7-13(8-6-12)15-14(19-11-22-15)16(21)20(4)10-17(2,3)9-18/h5-8,11H,9-10,18H2,1-4H3. The van der Waals surface area contributed by atoms with E-state index in [2.05, 4.69) is 4.98 Å². The predicted molar refractivity (Wildman–Crippen MR) is 86.5 cm³/mol. The Balaban J connectivity index is 2.25. The number of nitrogens with zero attached hydrogens (tertiary/aromatic N) is 2. The van der Waals surface area contributed by atoms with Gasteiger partial charge in [-0.25, -0.2) is 4.98 Å². The van der Waals surface area contributed by atoms with Gasteiger partial charge in [0.25, 0.3) is 5.91 Å². The van der Waals surface area contributed by atoms with Gasteiger partial charge in [0.1, 0.15) is 0 Å². The smallest absolute Gasteiger partial charge is 0.276 e. The fourth-order valence-corrected chi connectivity index (χ4v) is 2.27. The fraction of sp³-hybridized carbons (Fsp3) is 0.412. The average molecular weight is 301 g/mol. The zero-order valence-electron chi connectivity index (χ0n) is 13.6. The molecule has 0 radical (unpaired) electrons. The number of carbonyl (C=O) groups is 1. The van der Waals surface area contributed by atoms with Crippen LogP contribution >= 0.6 is 0 Å². The van der Waals surface area contributed by atoms with E-state index in [4.69, 9.17) is 10.2 Å². The highest BCUT2D eigenvalue weighted by Crippen LogP contribution is 2.25. The second kappa shape index (κ2) is 6.32. The van der Waals surface area contributed by atoms with E-state index in [1.165, 1.54) is 6.39 Å². The number of hydrogen-bond acceptors (Lipinski definition) is 4. The van der Waals surface area contributed by atoms with Crippen LogP contribution in [0.5, 0.6) is 0 Å². The minimum Gasteiger partial charge on any atom is -0.443 e. The Hall–Kier alpha value is -2.14. The van der Waals surface area contributed by atoms with E-state index in [0.717, 1.165) is 11.1 Å². The van der Waals surface area contributed by atoms with Gasteiger partial charge < -0.3 is 15.1 Å². The molecule has 0 aliphatic rings. The van der Waals surface area contributed by atoms with Crippen molar-refractivity contribution in [2.75, 3.05) is 20.1 Å². The molecule has 1 aromatic carbocycles. The van der Waals surface area contributed by atoms with Crippen LogP contribution in [-0.2, 0) is 0 Å². The number of rotatable bonds is 5. The van der Waals surface area contributed by atoms with Crippen molar-refractivity contribution in [1.82, 2.24) is 9.88 Å². The number of aryl methyl sites for hydroxylation is 1. The molecule has 0 atom stereocenters. The Bertz CT molecular complexity index is 644. The molecule has 2 aromatic rings. The van der Waals surface area contributed by atoms with Crippen molar-refractivity contribution < 1.29 is 9.21 Å². The van der Waals surface area contributed by atoms with E-state index in [-0.39, 0.29) is 11.3 Å². The van der Waals surface area contributed by atoms with Crippen molar-refractivity contribution in [1.29, 1.82) is 0 Å². The van der Waals surface area contributed by atoms with E-state index >= 15 is 0 Å². The largest absolute Gasteiger partial charge is 0.443 e. The van der Waals surface area contributed by atoms with Crippen molar-refractivity contribution in [2.45, 2.75) is 20.8 Å². The molecule has 5 nitrogen and oxygen atoms in total. The van der Waals surface area contributed by atoms with E-state index in [1.54, 1.807) is 11.9 Å². The third-order valence-electron chi connectivity index (χ3n) is 3.65. The number of amides is 1. The first-order chi connectivity index (χ1) is 10.3. The van der Waals surface area contributed by atoms with Crippen LogP contribution in [-0.4, -0.2) is 35.9 Å². The van der Waals surface area contributed by atoms with E-state index in [0.29, 0.717) is 24.5 Å². The van der Waals surface area contributed by atoms with Gasteiger partial charge in [0.2, 0.25) is 0 Å². The van der Waals surface area contributed by atoms with Crippen molar-refractivity contribution >= 4 is 5.91 Å². The number of carbonyl (C=O) groups excluding carboxylic acids is 1. The molecule has 0 saturated heterocycles. The summed E-state index contributed by atoms with van der Waals surface area (Å²) in [5.74, 6) is 0.341. The third kappa shape index (κ3) is 3.54. The predicted octanol–water partition coefficient (Wildman–Crippen LogP) is 2.71. The Morgan fingerprint density at radius 2 is 1.95 bits per heavy atom. The van der Waals surface area contributed by atoms with Gasteiger partial charge in [-0.1, -0.05) is 43.7 Å². The van der Waals surface area contributed by atoms with Crippen LogP contribution in [0.15, 0.2) is 35.1 Å². The summed E-state index contributed by atoms with van der Waals surface area (Å²) >= 11 is 0. The quantitative estimate of drug-likeness (QED) is 0.921. The molecule has 0 bridgehead atoms. The minimum atomic E-state index is -0.161. The minimum absolute atomic E-state index is 0.141. The molecular weight excluding hydrogens is 278 g/mol. The van der Waals surface area contributed by atoms with Gasteiger partial charge in [0.15, 0.2) is 17.8 Å². The number of hydrogen-bond donors (Lipinski definition) is 1. The summed E-state index contributed by atoms with van der Waals surface area (Å²) < 4.78 is 5.44. The van der Waals surface area contributed by atoms with Gasteiger partial charge in [-0.15, -0.1) is 0 Å². The maximum absolute atomic E-state index is 12.6. The van der Waals surface area contributed by atoms with E-state index in [1.807, 2.05) is 45.0 Å². The Morgan fingerprint density at radius 3 is 2.55 bits per heavy atom. The Labute approximate surface area is 131 Å². The summed E-state index contributed by atoms with van der Waals surface area (Å²) in [6, 6.07) is 7.81. The van der Waals surface area contributed by atoms with Crippen molar-refractivity contribution in [2.24, 2.45) is 11.1 Å². The molecule has 118 valence electrons. The summed E-state index contributed by atoms with van der Waals surface area (Å²) in [4.78, 5) is 18.4. The lowest BCUT2D eigenvalue weighted by Crippen LogP contribution is -2.40. The van der Waals surface area contributed by atoms with Crippen LogP contribution in [0.2, 0.25) is 0 Å². The Morgan fingerprint density at radius 1 is 1.32 bits per heavy atom. The fourth-order valence-electron chi connectivity index (χ4n) is 2.27. The highest BCUT2D eigenvalue weighted by Gasteiger charge is 2.26. The maximum Gasteiger partial charge on any atom is 0.276 e. The van der Waals surface area contributed by atoms with Crippen molar-refractivity contribution in [3.63, 3.8) is 0 Å². The lowest BCUT2D eigenvalue weighted by atomic mass is 9.93. The molecule has 0 aliphatic heterocycles. The molecule has 5 heteroatoms. The number of oxazole rings is 1. The molecule has 0 saturated carbocycles. The van der Waals surface area contributed by atoms with Gasteiger partial charge >= 0.3 is 0 Å². The van der Waals surface area contributed by atoms with Gasteiger partial charge in [-0.05, 0) is 18.9 Å². The highest BCUT2D eigenvalue weighted by molar-refractivity contribution is 5.97. The zero-order valence-corrected chi connectivity index (χ0v) is 13.6. The number of aromatic nitrogens is 1. The van der Waals surface area contributed by atoms with Crippen molar-refractivity contribution in [3.05, 3.63) is 41.9 Å². The zero-order chi connectivity index (χ0) is 16.3. The summed E-state index contributed by atoms with van der Waals surface area (Å²) in [6.45, 7) is 7.14. The average Bonchev–Trinajstić information content (AvgIpc) is 2.96. The molecule has 22 heavy (non-hydrogen) atoms. The molecule has 0 unspecified atom stereocenters. The normalized spacial score (nSPS) is 11.5. The third-order valence-corrected chi connectivity index (χ3v) is 3.65. The summed E-state index contributed by atoms with van der Waals surface area (Å²) in [7, 11) is 1.76. The first-order valence-electron chi connectivity index (χ1n) is 7.30. The van der Waals surface area contributed by atoms with Crippen LogP contribution in [0.3, 0.4) is 0 Å². The first kappa shape index (κ1) is 16.2. The molecule has 1 aromatic heterocycles. The van der Waals surface area contributed by atoms with Crippen LogP contribution < -0.4 is 5.73 Å². The lowest BCUT2D eigenvalue weighted by molar-refractivity contribution is 0.0735. The van der Waals surface area contributed by atoms with E-state index in [9.17, 15) is 4.79 Å². The van der Waals surface area contributed by atoms with Crippen LogP contribution in [0.1, 0.15) is 29.9 Å². The highest BCUT2D eigenvalue weighted by atomic mass is 16.3. The second-order valence-electron chi connectivity index (χ2n) is 6.43. The van der Waals surface area contributed by atoms with Gasteiger partial charge in [-0.3, -0.25) is 4.79 Å². The van der Waals surface area contributed by atoms with E-state index < -0.39 is 0 Å². The van der Waals surface area contributed by atoms with Crippen LogP contribution in [0, 0.1) is 12.3 Å². The molecule has 0 spiro atoms. The lowest BCUT2D eigenvalue weighted by Gasteiger charge is -2.28. The molecule has 1 heterocycles. The van der Waals surface area contributed by atoms with Crippen molar-refractivity contribution in [3.8, 4) is 11.3 Å². The first-order valence-corrected chi connectivity index (χ1v) is 7.30. The summed E-state index contributed by atoms with van der Waals surface area (Å²) in [5.41, 5.74) is 7.92. The monoisotopic (exact) mass is 301 g/mol. The molecule has 2 rings (SSSR count). The number of nitrogens with two attached hydrogens (primary N) is 1. The molecular formula is C17H23N3O2. The molecule has 0 aliphatic carbocycles. The SMILES string of the molecule is Cc1ccc(-c2ocnc2C(=O)N(C)CC(C)(C)CN)cc1. The van der Waals surface area contributed by atoms with Crippen LogP contribution in [0.4, 0.5) is 0 Å². The van der Waals surface area contributed by atoms with Gasteiger partial charge in [0, 0.05) is 19.2 Å². The van der Waals surface area contributed by atoms with Gasteiger partial charge in [-0.2, -0.15) is 0 Å². The molecule has 1 amide bonds.